The quantitative estimate of drug-likeness (QED) is 0.732. The molecule has 0 saturated heterocycles. The van der Waals surface area contributed by atoms with E-state index in [0.29, 0.717) is 17.2 Å². The van der Waals surface area contributed by atoms with E-state index < -0.39 is 0 Å². The molecule has 0 aliphatic carbocycles. The molecular weight excluding hydrogens is 236 g/mol. The molecule has 0 heterocycles. The van der Waals surface area contributed by atoms with Crippen molar-refractivity contribution in [2.45, 2.75) is 26.7 Å². The first kappa shape index (κ1) is 13.3. The number of carbonyl (C=O) groups is 1. The van der Waals surface area contributed by atoms with Crippen LogP contribution in [0.1, 0.15) is 42.6 Å². The van der Waals surface area contributed by atoms with E-state index in [2.05, 4.69) is 26.0 Å². The van der Waals surface area contributed by atoms with Crippen molar-refractivity contribution in [2.75, 3.05) is 0 Å². The summed E-state index contributed by atoms with van der Waals surface area (Å²) in [7, 11) is 0. The molecule has 2 rings (SSSR count). The molecule has 0 aliphatic heterocycles. The van der Waals surface area contributed by atoms with Gasteiger partial charge in [0.05, 0.1) is 0 Å². The van der Waals surface area contributed by atoms with Gasteiger partial charge in [-0.15, -0.1) is 0 Å². The average molecular weight is 254 g/mol. The molecule has 0 fully saturated rings. The van der Waals surface area contributed by atoms with E-state index >= 15 is 0 Å². The lowest BCUT2D eigenvalue weighted by Crippen LogP contribution is -1.93. The zero-order valence-electron chi connectivity index (χ0n) is 11.5. The lowest BCUT2D eigenvalue weighted by Gasteiger charge is -2.09. The maximum absolute atomic E-state index is 11.3. The second-order valence-corrected chi connectivity index (χ2v) is 4.91. The van der Waals surface area contributed by atoms with Gasteiger partial charge in [-0.05, 0) is 42.7 Å². The average Bonchev–Trinajstić information content (AvgIpc) is 2.39. The van der Waals surface area contributed by atoms with Crippen LogP contribution in [0.15, 0.2) is 48.5 Å². The van der Waals surface area contributed by atoms with E-state index in [1.807, 2.05) is 24.3 Å². The van der Waals surface area contributed by atoms with E-state index in [9.17, 15) is 4.79 Å². The number of hydrogen-bond donors (Lipinski definition) is 0. The van der Waals surface area contributed by atoms with Gasteiger partial charge in [-0.3, -0.25) is 4.79 Å². The van der Waals surface area contributed by atoms with Gasteiger partial charge in [0, 0.05) is 5.56 Å². The predicted octanol–water partition coefficient (Wildman–Crippen LogP) is 4.80. The molecule has 0 amide bonds. The molecule has 2 aromatic carbocycles. The van der Waals surface area contributed by atoms with Gasteiger partial charge < -0.3 is 4.74 Å². The van der Waals surface area contributed by atoms with Crippen molar-refractivity contribution in [3.63, 3.8) is 0 Å². The summed E-state index contributed by atoms with van der Waals surface area (Å²) in [5.41, 5.74) is 1.95. The fourth-order valence-corrected chi connectivity index (χ4v) is 1.84. The topological polar surface area (TPSA) is 26.3 Å². The lowest BCUT2D eigenvalue weighted by atomic mass is 10.0. The number of Topliss-reactive ketones (excluding diaryl/α,β-unsaturated/α-hetero) is 1. The normalized spacial score (nSPS) is 10.5. The molecule has 2 aromatic rings. The number of carbonyl (C=O) groups excluding carboxylic acids is 1. The van der Waals surface area contributed by atoms with Crippen molar-refractivity contribution in [2.24, 2.45) is 0 Å². The smallest absolute Gasteiger partial charge is 0.159 e. The van der Waals surface area contributed by atoms with Crippen LogP contribution in [0.2, 0.25) is 0 Å². The fraction of sp³-hybridized carbons (Fsp3) is 0.235. The van der Waals surface area contributed by atoms with Gasteiger partial charge in [-0.25, -0.2) is 0 Å². The van der Waals surface area contributed by atoms with Crippen LogP contribution < -0.4 is 4.74 Å². The van der Waals surface area contributed by atoms with Crippen LogP contribution in [0.4, 0.5) is 0 Å². The van der Waals surface area contributed by atoms with Crippen LogP contribution in [0.5, 0.6) is 11.5 Å². The monoisotopic (exact) mass is 254 g/mol. The Morgan fingerprint density at radius 2 is 1.68 bits per heavy atom. The zero-order valence-corrected chi connectivity index (χ0v) is 11.5. The van der Waals surface area contributed by atoms with Crippen molar-refractivity contribution in [3.05, 3.63) is 59.7 Å². The van der Waals surface area contributed by atoms with Gasteiger partial charge in [0.15, 0.2) is 5.78 Å². The summed E-state index contributed by atoms with van der Waals surface area (Å²) in [5.74, 6) is 2.02. The molecule has 2 nitrogen and oxygen atoms in total. The first-order valence-corrected chi connectivity index (χ1v) is 6.45. The molecule has 19 heavy (non-hydrogen) atoms. The van der Waals surface area contributed by atoms with Crippen LogP contribution in [0.25, 0.3) is 0 Å². The zero-order chi connectivity index (χ0) is 13.8. The minimum atomic E-state index is 0.0422. The van der Waals surface area contributed by atoms with Crippen molar-refractivity contribution >= 4 is 5.78 Å². The number of benzene rings is 2. The van der Waals surface area contributed by atoms with Crippen LogP contribution in [0, 0.1) is 0 Å². The Balaban J connectivity index is 2.16. The summed E-state index contributed by atoms with van der Waals surface area (Å²) in [4.78, 5) is 11.3. The number of ketones is 1. The Hall–Kier alpha value is -2.09. The highest BCUT2D eigenvalue weighted by Gasteiger charge is 2.03. The maximum atomic E-state index is 11.3. The van der Waals surface area contributed by atoms with E-state index in [1.54, 1.807) is 19.1 Å². The molecule has 0 saturated carbocycles. The highest BCUT2D eigenvalue weighted by Crippen LogP contribution is 2.24. The van der Waals surface area contributed by atoms with Gasteiger partial charge in [-0.2, -0.15) is 0 Å². The SMILES string of the molecule is CC(=O)c1cccc(Oc2ccc(C(C)C)cc2)c1. The largest absolute Gasteiger partial charge is 0.457 e. The Morgan fingerprint density at radius 1 is 1.00 bits per heavy atom. The van der Waals surface area contributed by atoms with Gasteiger partial charge in [0.1, 0.15) is 11.5 Å². The van der Waals surface area contributed by atoms with Gasteiger partial charge in [-0.1, -0.05) is 38.1 Å². The molecule has 2 heteroatoms. The van der Waals surface area contributed by atoms with Gasteiger partial charge in [0.2, 0.25) is 0 Å². The van der Waals surface area contributed by atoms with E-state index in [0.717, 1.165) is 5.75 Å². The van der Waals surface area contributed by atoms with Crippen LogP contribution in [-0.4, -0.2) is 5.78 Å². The third-order valence-electron chi connectivity index (χ3n) is 3.02. The van der Waals surface area contributed by atoms with E-state index in [4.69, 9.17) is 4.74 Å². The van der Waals surface area contributed by atoms with Gasteiger partial charge >= 0.3 is 0 Å². The molecule has 98 valence electrons. The minimum Gasteiger partial charge on any atom is -0.457 e. The molecule has 0 unspecified atom stereocenters. The summed E-state index contributed by atoms with van der Waals surface area (Å²) in [5, 5.41) is 0. The molecule has 0 aliphatic rings. The fourth-order valence-electron chi connectivity index (χ4n) is 1.84. The molecular formula is C17H18O2. The molecule has 0 atom stereocenters. The maximum Gasteiger partial charge on any atom is 0.159 e. The Labute approximate surface area is 114 Å². The van der Waals surface area contributed by atoms with Crippen molar-refractivity contribution < 1.29 is 9.53 Å². The van der Waals surface area contributed by atoms with Crippen molar-refractivity contribution in [1.82, 2.24) is 0 Å². The standard InChI is InChI=1S/C17H18O2/c1-12(2)14-7-9-16(10-8-14)19-17-6-4-5-15(11-17)13(3)18/h4-12H,1-3H3. The highest BCUT2D eigenvalue weighted by atomic mass is 16.5. The Kier molecular flexibility index (Phi) is 4.00. The summed E-state index contributed by atoms with van der Waals surface area (Å²) >= 11 is 0. The summed E-state index contributed by atoms with van der Waals surface area (Å²) in [6.07, 6.45) is 0. The van der Waals surface area contributed by atoms with Crippen molar-refractivity contribution in [3.8, 4) is 11.5 Å². The third kappa shape index (κ3) is 3.44. The Morgan fingerprint density at radius 3 is 2.26 bits per heavy atom. The van der Waals surface area contributed by atoms with Gasteiger partial charge in [0.25, 0.3) is 0 Å². The second-order valence-electron chi connectivity index (χ2n) is 4.91. The number of hydrogen-bond acceptors (Lipinski definition) is 2. The Bertz CT molecular complexity index is 568. The minimum absolute atomic E-state index is 0.0422. The van der Waals surface area contributed by atoms with Crippen molar-refractivity contribution in [1.29, 1.82) is 0 Å². The first-order chi connectivity index (χ1) is 9.06. The summed E-state index contributed by atoms with van der Waals surface area (Å²) in [6.45, 7) is 5.87. The molecule has 0 bridgehead atoms. The van der Waals surface area contributed by atoms with Crippen LogP contribution in [-0.2, 0) is 0 Å². The number of rotatable bonds is 4. The molecule has 0 spiro atoms. The predicted molar refractivity (Wildman–Crippen MR) is 77.1 cm³/mol. The number of ether oxygens (including phenoxy) is 1. The molecule has 0 aromatic heterocycles. The second kappa shape index (κ2) is 5.70. The summed E-state index contributed by atoms with van der Waals surface area (Å²) < 4.78 is 5.75. The first-order valence-electron chi connectivity index (χ1n) is 6.45. The molecule has 0 radical (unpaired) electrons. The van der Waals surface area contributed by atoms with Crippen LogP contribution in [0.3, 0.4) is 0 Å². The lowest BCUT2D eigenvalue weighted by molar-refractivity contribution is 0.101. The van der Waals surface area contributed by atoms with E-state index in [-0.39, 0.29) is 5.78 Å². The highest BCUT2D eigenvalue weighted by molar-refractivity contribution is 5.94. The third-order valence-corrected chi connectivity index (χ3v) is 3.02. The summed E-state index contributed by atoms with van der Waals surface area (Å²) in [6, 6.07) is 15.3. The van der Waals surface area contributed by atoms with Crippen LogP contribution >= 0.6 is 0 Å². The van der Waals surface area contributed by atoms with E-state index in [1.165, 1.54) is 5.56 Å². The molecule has 0 N–H and O–H groups in total.